The molecular formula is C13H28N2O. The topological polar surface area (TPSA) is 32.3 Å². The molecule has 1 aliphatic rings. The first kappa shape index (κ1) is 15.6. The summed E-state index contributed by atoms with van der Waals surface area (Å²) in [4.78, 5) is 12.0. The number of aldehydes is 1. The molecule has 16 heavy (non-hydrogen) atoms. The lowest BCUT2D eigenvalue weighted by Crippen LogP contribution is -2.43. The van der Waals surface area contributed by atoms with Gasteiger partial charge in [0, 0.05) is 18.5 Å². The minimum absolute atomic E-state index is 0.708. The molecule has 0 aliphatic carbocycles. The summed E-state index contributed by atoms with van der Waals surface area (Å²) in [7, 11) is 2.07. The van der Waals surface area contributed by atoms with E-state index in [2.05, 4.69) is 31.1 Å². The molecule has 3 nitrogen and oxygen atoms in total. The normalized spacial score (nSPS) is 18.1. The number of likely N-dealkylation sites (tertiary alicyclic amines) is 1. The van der Waals surface area contributed by atoms with E-state index in [1.807, 2.05) is 6.92 Å². The molecule has 96 valence electrons. The van der Waals surface area contributed by atoms with Gasteiger partial charge in [0.15, 0.2) is 0 Å². The molecule has 0 spiro atoms. The highest BCUT2D eigenvalue weighted by molar-refractivity contribution is 5.48. The largest absolute Gasteiger partial charge is 0.317 e. The van der Waals surface area contributed by atoms with E-state index < -0.39 is 0 Å². The standard InChI is InChI=1S/C9H20N2.C4H8O/c1-8(2)11-6-4-9(10-3)5-7-11;1-2-3-4-5/h8-10H,4-7H2,1-3H3;4H,2-3H2,1H3. The highest BCUT2D eigenvalue weighted by Gasteiger charge is 2.18. The molecule has 0 bridgehead atoms. The van der Waals surface area contributed by atoms with Crippen LogP contribution in [0.15, 0.2) is 0 Å². The van der Waals surface area contributed by atoms with Crippen LogP contribution in [0.4, 0.5) is 0 Å². The second-order valence-electron chi connectivity index (χ2n) is 4.65. The van der Waals surface area contributed by atoms with Crippen molar-refractivity contribution in [3.63, 3.8) is 0 Å². The third-order valence-corrected chi connectivity index (χ3v) is 3.07. The lowest BCUT2D eigenvalue weighted by molar-refractivity contribution is -0.107. The zero-order chi connectivity index (χ0) is 12.4. The van der Waals surface area contributed by atoms with Gasteiger partial charge >= 0.3 is 0 Å². The average molecular weight is 228 g/mol. The van der Waals surface area contributed by atoms with Gasteiger partial charge in [0.05, 0.1) is 0 Å². The van der Waals surface area contributed by atoms with E-state index in [1.54, 1.807) is 0 Å². The number of nitrogens with one attached hydrogen (secondary N) is 1. The Kier molecular flexibility index (Phi) is 9.54. The van der Waals surface area contributed by atoms with Crippen LogP contribution in [0.2, 0.25) is 0 Å². The summed E-state index contributed by atoms with van der Waals surface area (Å²) < 4.78 is 0. The quantitative estimate of drug-likeness (QED) is 0.748. The predicted octanol–water partition coefficient (Wildman–Crippen LogP) is 2.06. The molecule has 0 unspecified atom stereocenters. The minimum atomic E-state index is 0.708. The minimum Gasteiger partial charge on any atom is -0.317 e. The summed E-state index contributed by atoms with van der Waals surface area (Å²) in [5.74, 6) is 0. The van der Waals surface area contributed by atoms with E-state index in [0.717, 1.165) is 24.8 Å². The Balaban J connectivity index is 0.000000385. The van der Waals surface area contributed by atoms with Gasteiger partial charge in [0.2, 0.25) is 0 Å². The van der Waals surface area contributed by atoms with Crippen LogP contribution < -0.4 is 5.32 Å². The number of nitrogens with zero attached hydrogens (tertiary/aromatic N) is 1. The van der Waals surface area contributed by atoms with Gasteiger partial charge in [-0.1, -0.05) is 6.92 Å². The summed E-state index contributed by atoms with van der Waals surface area (Å²) in [5, 5.41) is 3.34. The van der Waals surface area contributed by atoms with Crippen molar-refractivity contribution in [1.29, 1.82) is 0 Å². The van der Waals surface area contributed by atoms with Crippen molar-refractivity contribution in [3.8, 4) is 0 Å². The zero-order valence-electron chi connectivity index (χ0n) is 11.3. The van der Waals surface area contributed by atoms with Crippen molar-refractivity contribution in [2.24, 2.45) is 0 Å². The summed E-state index contributed by atoms with van der Waals surface area (Å²) in [6.07, 6.45) is 5.24. The van der Waals surface area contributed by atoms with Gasteiger partial charge in [-0.05, 0) is 53.2 Å². The maximum absolute atomic E-state index is 9.40. The summed E-state index contributed by atoms with van der Waals surface area (Å²) >= 11 is 0. The lowest BCUT2D eigenvalue weighted by Gasteiger charge is -2.34. The van der Waals surface area contributed by atoms with E-state index in [-0.39, 0.29) is 0 Å². The van der Waals surface area contributed by atoms with Crippen molar-refractivity contribution in [1.82, 2.24) is 10.2 Å². The van der Waals surface area contributed by atoms with Crippen LogP contribution in [-0.2, 0) is 4.79 Å². The van der Waals surface area contributed by atoms with Gasteiger partial charge in [0.1, 0.15) is 6.29 Å². The van der Waals surface area contributed by atoms with E-state index in [4.69, 9.17) is 0 Å². The zero-order valence-corrected chi connectivity index (χ0v) is 11.3. The van der Waals surface area contributed by atoms with E-state index in [9.17, 15) is 4.79 Å². The molecule has 0 aromatic rings. The fourth-order valence-electron chi connectivity index (χ4n) is 1.82. The first-order chi connectivity index (χ1) is 7.65. The first-order valence-electron chi connectivity index (χ1n) is 6.50. The van der Waals surface area contributed by atoms with Gasteiger partial charge in [-0.25, -0.2) is 0 Å². The Morgan fingerprint density at radius 2 is 1.94 bits per heavy atom. The van der Waals surface area contributed by atoms with Gasteiger partial charge in [-0.15, -0.1) is 0 Å². The summed E-state index contributed by atoms with van der Waals surface area (Å²) in [6, 6.07) is 1.50. The average Bonchev–Trinajstić information content (AvgIpc) is 2.31. The Morgan fingerprint density at radius 1 is 1.38 bits per heavy atom. The molecule has 0 aromatic heterocycles. The van der Waals surface area contributed by atoms with Crippen LogP contribution in [0.3, 0.4) is 0 Å². The van der Waals surface area contributed by atoms with Crippen LogP contribution in [0.1, 0.15) is 46.5 Å². The van der Waals surface area contributed by atoms with Gasteiger partial charge < -0.3 is 15.0 Å². The number of hydrogen-bond acceptors (Lipinski definition) is 3. The van der Waals surface area contributed by atoms with Gasteiger partial charge in [-0.2, -0.15) is 0 Å². The Bertz CT molecular complexity index is 163. The second-order valence-corrected chi connectivity index (χ2v) is 4.65. The number of rotatable bonds is 4. The molecular weight excluding hydrogens is 200 g/mol. The molecule has 1 fully saturated rings. The molecule has 1 heterocycles. The SMILES string of the molecule is CCCC=O.CNC1CCN(C(C)C)CC1. The lowest BCUT2D eigenvalue weighted by atomic mass is 10.0. The smallest absolute Gasteiger partial charge is 0.119 e. The maximum Gasteiger partial charge on any atom is 0.119 e. The van der Waals surface area contributed by atoms with Crippen LogP contribution in [0, 0.1) is 0 Å². The highest BCUT2D eigenvalue weighted by atomic mass is 16.1. The predicted molar refractivity (Wildman–Crippen MR) is 69.8 cm³/mol. The Morgan fingerprint density at radius 3 is 2.19 bits per heavy atom. The molecule has 0 amide bonds. The van der Waals surface area contributed by atoms with Crippen molar-refractivity contribution < 1.29 is 4.79 Å². The van der Waals surface area contributed by atoms with Crippen molar-refractivity contribution in [3.05, 3.63) is 0 Å². The molecule has 0 aromatic carbocycles. The van der Waals surface area contributed by atoms with Crippen LogP contribution in [0.5, 0.6) is 0 Å². The second kappa shape index (κ2) is 9.79. The molecule has 1 N–H and O–H groups in total. The van der Waals surface area contributed by atoms with Crippen LogP contribution in [-0.4, -0.2) is 43.4 Å². The maximum atomic E-state index is 9.40. The summed E-state index contributed by atoms with van der Waals surface area (Å²) in [5.41, 5.74) is 0. The molecule has 1 rings (SSSR count). The highest BCUT2D eigenvalue weighted by Crippen LogP contribution is 2.11. The van der Waals surface area contributed by atoms with E-state index in [0.29, 0.717) is 6.42 Å². The number of unbranched alkanes of at least 4 members (excludes halogenated alkanes) is 1. The molecule has 1 aliphatic heterocycles. The van der Waals surface area contributed by atoms with E-state index >= 15 is 0 Å². The first-order valence-corrected chi connectivity index (χ1v) is 6.50. The Labute approximate surface area is 101 Å². The number of carbonyl (C=O) groups is 1. The molecule has 0 saturated carbocycles. The monoisotopic (exact) mass is 228 g/mol. The molecule has 1 saturated heterocycles. The molecule has 0 radical (unpaired) electrons. The fourth-order valence-corrected chi connectivity index (χ4v) is 1.82. The third-order valence-electron chi connectivity index (χ3n) is 3.07. The fraction of sp³-hybridized carbons (Fsp3) is 0.923. The molecule has 3 heteroatoms. The van der Waals surface area contributed by atoms with Gasteiger partial charge in [-0.3, -0.25) is 0 Å². The number of hydrogen-bond donors (Lipinski definition) is 1. The van der Waals surface area contributed by atoms with E-state index in [1.165, 1.54) is 25.9 Å². The Hall–Kier alpha value is -0.410. The van der Waals surface area contributed by atoms with Crippen LogP contribution in [0.25, 0.3) is 0 Å². The third kappa shape index (κ3) is 6.96. The van der Waals surface area contributed by atoms with Crippen molar-refractivity contribution >= 4 is 6.29 Å². The summed E-state index contributed by atoms with van der Waals surface area (Å²) in [6.45, 7) is 9.07. The molecule has 0 atom stereocenters. The van der Waals surface area contributed by atoms with Crippen molar-refractivity contribution in [2.75, 3.05) is 20.1 Å². The number of piperidine rings is 1. The van der Waals surface area contributed by atoms with Crippen LogP contribution >= 0.6 is 0 Å². The number of carbonyl (C=O) groups excluding carboxylic acids is 1. The van der Waals surface area contributed by atoms with Crippen molar-refractivity contribution in [2.45, 2.75) is 58.5 Å². The van der Waals surface area contributed by atoms with Gasteiger partial charge in [0.25, 0.3) is 0 Å².